The van der Waals surface area contributed by atoms with Crippen LogP contribution in [0.5, 0.6) is 0 Å². The topological polar surface area (TPSA) is 41.1 Å². The van der Waals surface area contributed by atoms with Crippen LogP contribution in [0, 0.1) is 5.82 Å². The van der Waals surface area contributed by atoms with Gasteiger partial charge in [0.05, 0.1) is 0 Å². The van der Waals surface area contributed by atoms with Crippen LogP contribution in [-0.4, -0.2) is 19.0 Å². The normalized spacial score (nSPS) is 10.8. The fraction of sp³-hybridized carbons (Fsp3) is 0.350. The third-order valence-electron chi connectivity index (χ3n) is 3.92. The first-order chi connectivity index (χ1) is 11.6. The molecule has 0 aliphatic carbocycles. The number of anilines is 1. The summed E-state index contributed by atoms with van der Waals surface area (Å²) in [6, 6.07) is 14.7. The maximum atomic E-state index is 13.5. The molecule has 128 valence electrons. The number of hydrogen-bond donors (Lipinski definition) is 2. The Hall–Kier alpha value is -2.20. The van der Waals surface area contributed by atoms with E-state index in [-0.39, 0.29) is 11.7 Å². The van der Waals surface area contributed by atoms with Crippen molar-refractivity contribution in [3.63, 3.8) is 0 Å². The molecule has 0 aliphatic rings. The molecule has 3 nitrogen and oxygen atoms in total. The van der Waals surface area contributed by atoms with Crippen LogP contribution in [0.2, 0.25) is 0 Å². The first-order valence-electron chi connectivity index (χ1n) is 8.40. The molecule has 0 fully saturated rings. The Morgan fingerprint density at radius 2 is 1.75 bits per heavy atom. The summed E-state index contributed by atoms with van der Waals surface area (Å²) in [5.41, 5.74) is 2.76. The molecule has 2 N–H and O–H groups in total. The maximum Gasteiger partial charge on any atom is 0.225 e. The van der Waals surface area contributed by atoms with Gasteiger partial charge in [-0.2, -0.15) is 0 Å². The molecule has 2 aromatic rings. The number of carbonyl (C=O) groups excluding carboxylic acids is 1. The Labute approximate surface area is 143 Å². The number of halogens is 1. The molecule has 24 heavy (non-hydrogen) atoms. The zero-order chi connectivity index (χ0) is 17.4. The van der Waals surface area contributed by atoms with Gasteiger partial charge in [0.2, 0.25) is 5.91 Å². The second-order valence-electron chi connectivity index (χ2n) is 6.17. The van der Waals surface area contributed by atoms with E-state index < -0.39 is 0 Å². The van der Waals surface area contributed by atoms with E-state index in [9.17, 15) is 9.18 Å². The summed E-state index contributed by atoms with van der Waals surface area (Å²) in [4.78, 5) is 11.9. The highest BCUT2D eigenvalue weighted by Crippen LogP contribution is 2.17. The molecular formula is C20H25FN2O. The fourth-order valence-electron chi connectivity index (χ4n) is 2.43. The van der Waals surface area contributed by atoms with Gasteiger partial charge in [-0.25, -0.2) is 4.39 Å². The summed E-state index contributed by atoms with van der Waals surface area (Å²) in [6.45, 7) is 5.50. The molecule has 1 amide bonds. The van der Waals surface area contributed by atoms with Crippen molar-refractivity contribution in [1.82, 2.24) is 5.32 Å². The largest absolute Gasteiger partial charge is 0.326 e. The maximum absolute atomic E-state index is 13.5. The van der Waals surface area contributed by atoms with Crippen molar-refractivity contribution < 1.29 is 9.18 Å². The van der Waals surface area contributed by atoms with E-state index in [0.29, 0.717) is 37.4 Å². The lowest BCUT2D eigenvalue weighted by atomic mass is 10.0. The zero-order valence-electron chi connectivity index (χ0n) is 14.3. The van der Waals surface area contributed by atoms with Crippen LogP contribution in [0.1, 0.15) is 37.3 Å². The quantitative estimate of drug-likeness (QED) is 0.716. The highest BCUT2D eigenvalue weighted by Gasteiger charge is 2.04. The van der Waals surface area contributed by atoms with Crippen molar-refractivity contribution in [3.8, 4) is 0 Å². The second-order valence-corrected chi connectivity index (χ2v) is 6.17. The van der Waals surface area contributed by atoms with Crippen LogP contribution in [0.4, 0.5) is 10.1 Å². The highest BCUT2D eigenvalue weighted by molar-refractivity contribution is 5.90. The molecule has 2 rings (SSSR count). The Morgan fingerprint density at radius 3 is 2.42 bits per heavy atom. The Bertz CT molecular complexity index is 653. The third kappa shape index (κ3) is 5.78. The molecule has 0 heterocycles. The first-order valence-corrected chi connectivity index (χ1v) is 8.40. The molecule has 0 atom stereocenters. The molecule has 0 spiro atoms. The fourth-order valence-corrected chi connectivity index (χ4v) is 2.43. The average Bonchev–Trinajstić information content (AvgIpc) is 2.56. The standard InChI is InChI=1S/C20H25FN2O/c1-15(2)16-7-9-18(10-8-16)23-20(24)12-14-22-13-11-17-5-3-4-6-19(17)21/h3-10,15,22H,11-14H2,1-2H3,(H,23,24). The van der Waals surface area contributed by atoms with Crippen LogP contribution in [0.25, 0.3) is 0 Å². The summed E-state index contributed by atoms with van der Waals surface area (Å²) in [6.07, 6.45) is 1.01. The SMILES string of the molecule is CC(C)c1ccc(NC(=O)CCNCCc2ccccc2F)cc1. The highest BCUT2D eigenvalue weighted by atomic mass is 19.1. The van der Waals surface area contributed by atoms with Crippen LogP contribution in [-0.2, 0) is 11.2 Å². The third-order valence-corrected chi connectivity index (χ3v) is 3.92. The van der Waals surface area contributed by atoms with Gasteiger partial charge in [-0.15, -0.1) is 0 Å². The summed E-state index contributed by atoms with van der Waals surface area (Å²) < 4.78 is 13.5. The molecule has 0 saturated heterocycles. The van der Waals surface area contributed by atoms with Gasteiger partial charge in [0.15, 0.2) is 0 Å². The Balaban J connectivity index is 1.65. The van der Waals surface area contributed by atoms with Crippen LogP contribution >= 0.6 is 0 Å². The minimum Gasteiger partial charge on any atom is -0.326 e. The average molecular weight is 328 g/mol. The molecule has 0 aliphatic heterocycles. The van der Waals surface area contributed by atoms with E-state index in [0.717, 1.165) is 5.69 Å². The lowest BCUT2D eigenvalue weighted by Crippen LogP contribution is -2.23. The minimum atomic E-state index is -0.179. The van der Waals surface area contributed by atoms with Gasteiger partial charge in [-0.1, -0.05) is 44.2 Å². The van der Waals surface area contributed by atoms with E-state index >= 15 is 0 Å². The predicted molar refractivity (Wildman–Crippen MR) is 96.8 cm³/mol. The summed E-state index contributed by atoms with van der Waals surface area (Å²) in [5, 5.41) is 6.06. The van der Waals surface area contributed by atoms with Crippen LogP contribution in [0.3, 0.4) is 0 Å². The van der Waals surface area contributed by atoms with Gasteiger partial charge in [-0.05, 0) is 48.2 Å². The lowest BCUT2D eigenvalue weighted by Gasteiger charge is -2.09. The molecule has 0 saturated carbocycles. The van der Waals surface area contributed by atoms with Gasteiger partial charge in [-0.3, -0.25) is 4.79 Å². The number of rotatable bonds is 8. The van der Waals surface area contributed by atoms with Crippen molar-refractivity contribution >= 4 is 11.6 Å². The van der Waals surface area contributed by atoms with Crippen LogP contribution < -0.4 is 10.6 Å². The van der Waals surface area contributed by atoms with Gasteiger partial charge < -0.3 is 10.6 Å². The predicted octanol–water partition coefficient (Wildman–Crippen LogP) is 4.11. The monoisotopic (exact) mass is 328 g/mol. The molecule has 0 unspecified atom stereocenters. The van der Waals surface area contributed by atoms with E-state index in [1.807, 2.05) is 30.3 Å². The van der Waals surface area contributed by atoms with Gasteiger partial charge >= 0.3 is 0 Å². The van der Waals surface area contributed by atoms with Crippen molar-refractivity contribution in [2.45, 2.75) is 32.6 Å². The van der Waals surface area contributed by atoms with Gasteiger partial charge in [0, 0.05) is 18.7 Å². The zero-order valence-corrected chi connectivity index (χ0v) is 14.3. The Kier molecular flexibility index (Phi) is 6.94. The van der Waals surface area contributed by atoms with E-state index in [2.05, 4.69) is 24.5 Å². The number of benzene rings is 2. The second kappa shape index (κ2) is 9.18. The number of carbonyl (C=O) groups is 1. The smallest absolute Gasteiger partial charge is 0.225 e. The van der Waals surface area contributed by atoms with Gasteiger partial charge in [0.25, 0.3) is 0 Å². The summed E-state index contributed by atoms with van der Waals surface area (Å²) >= 11 is 0. The van der Waals surface area contributed by atoms with E-state index in [4.69, 9.17) is 0 Å². The van der Waals surface area contributed by atoms with Crippen molar-refractivity contribution in [2.24, 2.45) is 0 Å². The van der Waals surface area contributed by atoms with Gasteiger partial charge in [0.1, 0.15) is 5.82 Å². The van der Waals surface area contributed by atoms with E-state index in [1.165, 1.54) is 11.6 Å². The van der Waals surface area contributed by atoms with E-state index in [1.54, 1.807) is 12.1 Å². The summed E-state index contributed by atoms with van der Waals surface area (Å²) in [5.74, 6) is 0.279. The summed E-state index contributed by atoms with van der Waals surface area (Å²) in [7, 11) is 0. The minimum absolute atomic E-state index is 0.0225. The molecule has 0 aromatic heterocycles. The van der Waals surface area contributed by atoms with Crippen molar-refractivity contribution in [2.75, 3.05) is 18.4 Å². The first kappa shape index (κ1) is 18.1. The lowest BCUT2D eigenvalue weighted by molar-refractivity contribution is -0.116. The molecule has 4 heteroatoms. The Morgan fingerprint density at radius 1 is 1.04 bits per heavy atom. The molecule has 0 radical (unpaired) electrons. The van der Waals surface area contributed by atoms with Crippen LogP contribution in [0.15, 0.2) is 48.5 Å². The molecule has 2 aromatic carbocycles. The van der Waals surface area contributed by atoms with Crippen molar-refractivity contribution in [1.29, 1.82) is 0 Å². The molecular weight excluding hydrogens is 303 g/mol. The number of nitrogens with one attached hydrogen (secondary N) is 2. The van der Waals surface area contributed by atoms with Crippen molar-refractivity contribution in [3.05, 3.63) is 65.5 Å². The molecule has 0 bridgehead atoms. The number of amides is 1. The number of hydrogen-bond acceptors (Lipinski definition) is 2.